The van der Waals surface area contributed by atoms with Gasteiger partial charge >= 0.3 is 0 Å². The van der Waals surface area contributed by atoms with Crippen molar-refractivity contribution in [1.29, 1.82) is 0 Å². The van der Waals surface area contributed by atoms with Gasteiger partial charge in [-0.25, -0.2) is 9.37 Å². The van der Waals surface area contributed by atoms with Crippen LogP contribution in [0.2, 0.25) is 0 Å². The Hall–Kier alpha value is -3.25. The smallest absolute Gasteiger partial charge is 0.257 e. The molecular formula is C21H19FN2O3. The molecule has 2 aromatic carbocycles. The quantitative estimate of drug-likeness (QED) is 0.692. The summed E-state index contributed by atoms with van der Waals surface area (Å²) < 4.78 is 18.6. The van der Waals surface area contributed by atoms with Crippen LogP contribution >= 0.6 is 0 Å². The monoisotopic (exact) mass is 366 g/mol. The van der Waals surface area contributed by atoms with Gasteiger partial charge in [-0.1, -0.05) is 24.3 Å². The first-order valence-electron chi connectivity index (χ1n) is 8.46. The number of pyridine rings is 1. The van der Waals surface area contributed by atoms with Crippen LogP contribution in [0.5, 0.6) is 11.6 Å². The molecule has 5 nitrogen and oxygen atoms in total. The Balaban J connectivity index is 1.68. The summed E-state index contributed by atoms with van der Waals surface area (Å²) in [6, 6.07) is 16.1. The predicted molar refractivity (Wildman–Crippen MR) is 99.0 cm³/mol. The Morgan fingerprint density at radius 1 is 1.15 bits per heavy atom. The van der Waals surface area contributed by atoms with E-state index in [0.717, 1.165) is 11.1 Å². The second kappa shape index (κ2) is 8.42. The molecule has 138 valence electrons. The highest BCUT2D eigenvalue weighted by atomic mass is 19.1. The number of ether oxygens (including phenoxy) is 1. The van der Waals surface area contributed by atoms with E-state index in [1.54, 1.807) is 19.1 Å². The van der Waals surface area contributed by atoms with Gasteiger partial charge < -0.3 is 15.2 Å². The Kier molecular flexibility index (Phi) is 5.78. The Morgan fingerprint density at radius 2 is 1.85 bits per heavy atom. The zero-order valence-corrected chi connectivity index (χ0v) is 14.7. The number of aliphatic hydroxyl groups is 1. The SMILES string of the molecule is CC(O)c1ccc(CNC(=O)c2cccnc2Oc2ccc(F)cc2)cc1. The number of aromatic nitrogens is 1. The van der Waals surface area contributed by atoms with Gasteiger partial charge in [0.2, 0.25) is 5.88 Å². The molecule has 3 aromatic rings. The van der Waals surface area contributed by atoms with Gasteiger partial charge in [0.25, 0.3) is 5.91 Å². The normalized spacial score (nSPS) is 11.7. The summed E-state index contributed by atoms with van der Waals surface area (Å²) in [6.07, 6.45) is 0.986. The lowest BCUT2D eigenvalue weighted by Crippen LogP contribution is -2.23. The zero-order valence-electron chi connectivity index (χ0n) is 14.7. The van der Waals surface area contributed by atoms with Crippen molar-refractivity contribution >= 4 is 5.91 Å². The van der Waals surface area contributed by atoms with E-state index in [9.17, 15) is 14.3 Å². The van der Waals surface area contributed by atoms with E-state index in [0.29, 0.717) is 12.3 Å². The van der Waals surface area contributed by atoms with Crippen LogP contribution in [0, 0.1) is 5.82 Å². The molecule has 1 aromatic heterocycles. The lowest BCUT2D eigenvalue weighted by Gasteiger charge is -2.11. The number of amides is 1. The van der Waals surface area contributed by atoms with Crippen molar-refractivity contribution < 1.29 is 19.0 Å². The highest BCUT2D eigenvalue weighted by Gasteiger charge is 2.14. The average molecular weight is 366 g/mol. The summed E-state index contributed by atoms with van der Waals surface area (Å²) in [5, 5.41) is 12.4. The molecule has 0 saturated heterocycles. The Morgan fingerprint density at radius 3 is 2.52 bits per heavy atom. The maximum atomic E-state index is 13.0. The lowest BCUT2D eigenvalue weighted by atomic mass is 10.1. The maximum absolute atomic E-state index is 13.0. The molecule has 6 heteroatoms. The second-order valence-electron chi connectivity index (χ2n) is 6.01. The number of hydrogen-bond donors (Lipinski definition) is 2. The van der Waals surface area contributed by atoms with Gasteiger partial charge in [-0.2, -0.15) is 0 Å². The molecule has 1 heterocycles. The molecule has 0 aliphatic carbocycles. The van der Waals surface area contributed by atoms with Crippen LogP contribution in [0.3, 0.4) is 0 Å². The van der Waals surface area contributed by atoms with Gasteiger partial charge in [-0.3, -0.25) is 4.79 Å². The molecule has 1 amide bonds. The third-order valence-corrected chi connectivity index (χ3v) is 3.96. The van der Waals surface area contributed by atoms with Gasteiger partial charge in [0.05, 0.1) is 6.10 Å². The van der Waals surface area contributed by atoms with Crippen molar-refractivity contribution in [1.82, 2.24) is 10.3 Å². The van der Waals surface area contributed by atoms with Crippen molar-refractivity contribution in [3.63, 3.8) is 0 Å². The van der Waals surface area contributed by atoms with Gasteiger partial charge in [0.15, 0.2) is 0 Å². The van der Waals surface area contributed by atoms with Crippen molar-refractivity contribution in [2.24, 2.45) is 0 Å². The van der Waals surface area contributed by atoms with Crippen LogP contribution in [-0.4, -0.2) is 16.0 Å². The van der Waals surface area contributed by atoms with Gasteiger partial charge in [-0.15, -0.1) is 0 Å². The van der Waals surface area contributed by atoms with Crippen molar-refractivity contribution in [2.75, 3.05) is 0 Å². The largest absolute Gasteiger partial charge is 0.438 e. The van der Waals surface area contributed by atoms with Crippen molar-refractivity contribution in [2.45, 2.75) is 19.6 Å². The number of carbonyl (C=O) groups excluding carboxylic acids is 1. The standard InChI is InChI=1S/C21H19FN2O3/c1-14(25)16-6-4-15(5-7-16)13-24-20(26)19-3-2-12-23-21(19)27-18-10-8-17(22)9-11-18/h2-12,14,25H,13H2,1H3,(H,24,26). The van der Waals surface area contributed by atoms with Crippen molar-refractivity contribution in [3.8, 4) is 11.6 Å². The van der Waals surface area contributed by atoms with Gasteiger partial charge in [0.1, 0.15) is 17.1 Å². The molecular weight excluding hydrogens is 347 g/mol. The van der Waals surface area contributed by atoms with E-state index in [4.69, 9.17) is 4.74 Å². The summed E-state index contributed by atoms with van der Waals surface area (Å²) >= 11 is 0. The Labute approximate surface area is 156 Å². The summed E-state index contributed by atoms with van der Waals surface area (Å²) in [5.74, 6) is -0.174. The van der Waals surface area contributed by atoms with Crippen LogP contribution < -0.4 is 10.1 Å². The van der Waals surface area contributed by atoms with E-state index in [1.807, 2.05) is 24.3 Å². The van der Waals surface area contributed by atoms with E-state index in [2.05, 4.69) is 10.3 Å². The minimum absolute atomic E-state index is 0.145. The molecule has 0 aliphatic heterocycles. The minimum Gasteiger partial charge on any atom is -0.438 e. The molecule has 0 saturated carbocycles. The zero-order chi connectivity index (χ0) is 19.2. The maximum Gasteiger partial charge on any atom is 0.257 e. The number of benzene rings is 2. The predicted octanol–water partition coefficient (Wildman–Crippen LogP) is 4.00. The third kappa shape index (κ3) is 4.89. The van der Waals surface area contributed by atoms with E-state index in [1.165, 1.54) is 30.5 Å². The number of rotatable bonds is 6. The summed E-state index contributed by atoms with van der Waals surface area (Å²) in [4.78, 5) is 16.6. The number of carbonyl (C=O) groups is 1. The lowest BCUT2D eigenvalue weighted by molar-refractivity contribution is 0.0948. The Bertz CT molecular complexity index is 909. The molecule has 1 atom stereocenters. The molecule has 0 bridgehead atoms. The molecule has 1 unspecified atom stereocenters. The molecule has 0 aliphatic rings. The van der Waals surface area contributed by atoms with E-state index < -0.39 is 6.10 Å². The molecule has 0 spiro atoms. The number of nitrogens with zero attached hydrogens (tertiary/aromatic N) is 1. The summed E-state index contributed by atoms with van der Waals surface area (Å²) in [7, 11) is 0. The fourth-order valence-electron chi connectivity index (χ4n) is 2.45. The highest BCUT2D eigenvalue weighted by molar-refractivity contribution is 5.96. The van der Waals surface area contributed by atoms with Crippen LogP contribution in [0.4, 0.5) is 4.39 Å². The third-order valence-electron chi connectivity index (χ3n) is 3.96. The van der Waals surface area contributed by atoms with Crippen LogP contribution in [-0.2, 0) is 6.54 Å². The fraction of sp³-hybridized carbons (Fsp3) is 0.143. The highest BCUT2D eigenvalue weighted by Crippen LogP contribution is 2.23. The molecule has 2 N–H and O–H groups in total. The number of nitrogens with one attached hydrogen (secondary N) is 1. The molecule has 0 fully saturated rings. The first-order chi connectivity index (χ1) is 13.0. The summed E-state index contributed by atoms with van der Waals surface area (Å²) in [5.41, 5.74) is 1.99. The van der Waals surface area contributed by atoms with Crippen molar-refractivity contribution in [3.05, 3.63) is 89.4 Å². The van der Waals surface area contributed by atoms with Crippen LogP contribution in [0.1, 0.15) is 34.5 Å². The van der Waals surface area contributed by atoms with Gasteiger partial charge in [-0.05, 0) is 54.4 Å². The first kappa shape index (κ1) is 18.5. The first-order valence-corrected chi connectivity index (χ1v) is 8.46. The van der Waals surface area contributed by atoms with Crippen LogP contribution in [0.25, 0.3) is 0 Å². The number of halogens is 1. The van der Waals surface area contributed by atoms with Crippen LogP contribution in [0.15, 0.2) is 66.9 Å². The number of aliphatic hydroxyl groups excluding tert-OH is 1. The number of hydrogen-bond acceptors (Lipinski definition) is 4. The van der Waals surface area contributed by atoms with Gasteiger partial charge in [0, 0.05) is 12.7 Å². The molecule has 0 radical (unpaired) electrons. The van der Waals surface area contributed by atoms with E-state index >= 15 is 0 Å². The average Bonchev–Trinajstić information content (AvgIpc) is 2.68. The minimum atomic E-state index is -0.532. The summed E-state index contributed by atoms with van der Waals surface area (Å²) in [6.45, 7) is 2.02. The molecule has 3 rings (SSSR count). The fourth-order valence-corrected chi connectivity index (χ4v) is 2.45. The van der Waals surface area contributed by atoms with E-state index in [-0.39, 0.29) is 23.2 Å². The second-order valence-corrected chi connectivity index (χ2v) is 6.01. The molecule has 27 heavy (non-hydrogen) atoms. The topological polar surface area (TPSA) is 71.5 Å².